The Kier molecular flexibility index (Phi) is 4.43. The summed E-state index contributed by atoms with van der Waals surface area (Å²) in [4.78, 5) is 12.1. The lowest BCUT2D eigenvalue weighted by Gasteiger charge is -2.12. The van der Waals surface area contributed by atoms with Gasteiger partial charge in [-0.2, -0.15) is 0 Å². The van der Waals surface area contributed by atoms with E-state index in [9.17, 15) is 4.79 Å². The highest BCUT2D eigenvalue weighted by Crippen LogP contribution is 2.34. The molecule has 0 unspecified atom stereocenters. The summed E-state index contributed by atoms with van der Waals surface area (Å²) in [5.74, 6) is 1.70. The first-order valence-electron chi connectivity index (χ1n) is 6.92. The van der Waals surface area contributed by atoms with Crippen LogP contribution in [0.5, 0.6) is 17.2 Å². The minimum absolute atomic E-state index is 0.0745. The number of fused-ring (bicyclic) bond motifs is 1. The topological polar surface area (TPSA) is 68.8 Å². The van der Waals surface area contributed by atoms with Gasteiger partial charge in [0.1, 0.15) is 5.75 Å². The predicted octanol–water partition coefficient (Wildman–Crippen LogP) is 3.13. The van der Waals surface area contributed by atoms with Crippen molar-refractivity contribution < 1.29 is 19.0 Å². The molecule has 23 heavy (non-hydrogen) atoms. The number of rotatable bonds is 5. The van der Waals surface area contributed by atoms with Crippen LogP contribution in [-0.2, 0) is 4.79 Å². The molecule has 120 valence electrons. The van der Waals surface area contributed by atoms with Crippen molar-refractivity contribution in [1.29, 1.82) is 0 Å². The molecule has 1 amide bonds. The fraction of sp³-hybridized carbons (Fsp3) is 0.188. The third-order valence-corrected chi connectivity index (χ3v) is 3.49. The molecule has 2 aromatic rings. The van der Waals surface area contributed by atoms with Gasteiger partial charge in [-0.05, 0) is 30.3 Å². The van der Waals surface area contributed by atoms with Crippen molar-refractivity contribution in [2.45, 2.75) is 0 Å². The second-order valence-electron chi connectivity index (χ2n) is 4.81. The molecule has 1 heterocycles. The van der Waals surface area contributed by atoms with Crippen LogP contribution in [0, 0.1) is 0 Å². The maximum absolute atomic E-state index is 12.1. The van der Waals surface area contributed by atoms with Gasteiger partial charge in [-0.25, -0.2) is 0 Å². The number of benzene rings is 2. The van der Waals surface area contributed by atoms with Crippen LogP contribution in [0.4, 0.5) is 11.4 Å². The monoisotopic (exact) mass is 334 g/mol. The summed E-state index contributed by atoms with van der Waals surface area (Å²) in [6.07, 6.45) is 0. The van der Waals surface area contributed by atoms with E-state index in [1.54, 1.807) is 43.5 Å². The molecule has 0 bridgehead atoms. The van der Waals surface area contributed by atoms with Crippen LogP contribution in [0.15, 0.2) is 36.4 Å². The number of ether oxygens (including phenoxy) is 3. The molecule has 0 saturated carbocycles. The molecule has 6 nitrogen and oxygen atoms in total. The highest BCUT2D eigenvalue weighted by Gasteiger charge is 2.14. The summed E-state index contributed by atoms with van der Waals surface area (Å²) in [7, 11) is 1.56. The quantitative estimate of drug-likeness (QED) is 0.879. The summed E-state index contributed by atoms with van der Waals surface area (Å²) < 4.78 is 15.7. The lowest BCUT2D eigenvalue weighted by atomic mass is 10.2. The normalized spacial score (nSPS) is 11.9. The van der Waals surface area contributed by atoms with Gasteiger partial charge in [-0.3, -0.25) is 4.79 Å². The lowest BCUT2D eigenvalue weighted by molar-refractivity contribution is -0.114. The zero-order chi connectivity index (χ0) is 16.2. The fourth-order valence-electron chi connectivity index (χ4n) is 2.17. The van der Waals surface area contributed by atoms with E-state index < -0.39 is 0 Å². The maximum atomic E-state index is 12.1. The van der Waals surface area contributed by atoms with E-state index in [-0.39, 0.29) is 19.2 Å². The van der Waals surface area contributed by atoms with Gasteiger partial charge in [0.2, 0.25) is 12.7 Å². The molecule has 2 aromatic carbocycles. The van der Waals surface area contributed by atoms with Gasteiger partial charge in [-0.15, -0.1) is 0 Å². The second kappa shape index (κ2) is 6.66. The van der Waals surface area contributed by atoms with Gasteiger partial charge in [0.05, 0.1) is 19.3 Å². The molecule has 2 N–H and O–H groups in total. The lowest BCUT2D eigenvalue weighted by Crippen LogP contribution is -2.21. The molecule has 0 atom stereocenters. The van der Waals surface area contributed by atoms with E-state index in [1.165, 1.54) is 0 Å². The molecule has 0 aliphatic carbocycles. The SMILES string of the molecule is COc1ccc(Cl)cc1NCC(=O)Nc1ccc2c(c1)OCO2. The molecule has 0 radical (unpaired) electrons. The van der Waals surface area contributed by atoms with E-state index in [4.69, 9.17) is 25.8 Å². The van der Waals surface area contributed by atoms with Crippen LogP contribution in [-0.4, -0.2) is 26.4 Å². The van der Waals surface area contributed by atoms with Crippen LogP contribution >= 0.6 is 11.6 Å². The molecular weight excluding hydrogens is 320 g/mol. The number of anilines is 2. The first-order valence-corrected chi connectivity index (χ1v) is 7.30. The minimum Gasteiger partial charge on any atom is -0.495 e. The Labute approximate surface area is 138 Å². The zero-order valence-electron chi connectivity index (χ0n) is 12.4. The number of carbonyl (C=O) groups is 1. The van der Waals surface area contributed by atoms with Gasteiger partial charge >= 0.3 is 0 Å². The first-order chi connectivity index (χ1) is 11.2. The van der Waals surface area contributed by atoms with E-state index in [0.29, 0.717) is 33.6 Å². The number of hydrogen-bond donors (Lipinski definition) is 2. The van der Waals surface area contributed by atoms with E-state index in [1.807, 2.05) is 0 Å². The van der Waals surface area contributed by atoms with Crippen molar-refractivity contribution in [3.8, 4) is 17.2 Å². The third kappa shape index (κ3) is 3.60. The summed E-state index contributed by atoms with van der Waals surface area (Å²) >= 11 is 5.95. The standard InChI is InChI=1S/C16H15ClN2O4/c1-21-13-4-2-10(17)6-12(13)18-8-16(20)19-11-3-5-14-15(7-11)23-9-22-14/h2-7,18H,8-9H2,1H3,(H,19,20). The molecule has 0 saturated heterocycles. The molecule has 1 aliphatic rings. The number of methoxy groups -OCH3 is 1. The van der Waals surface area contributed by atoms with Crippen molar-refractivity contribution in [1.82, 2.24) is 0 Å². The Morgan fingerprint density at radius 1 is 1.22 bits per heavy atom. The molecule has 7 heteroatoms. The van der Waals surface area contributed by atoms with Crippen molar-refractivity contribution in [3.63, 3.8) is 0 Å². The van der Waals surface area contributed by atoms with Crippen LogP contribution < -0.4 is 24.8 Å². The summed E-state index contributed by atoms with van der Waals surface area (Å²) in [5, 5.41) is 6.34. The van der Waals surface area contributed by atoms with Crippen molar-refractivity contribution in [2.75, 3.05) is 31.1 Å². The van der Waals surface area contributed by atoms with E-state index in [0.717, 1.165) is 0 Å². The maximum Gasteiger partial charge on any atom is 0.243 e. The highest BCUT2D eigenvalue weighted by molar-refractivity contribution is 6.30. The van der Waals surface area contributed by atoms with Gasteiger partial charge in [0.15, 0.2) is 11.5 Å². The Bertz CT molecular complexity index is 736. The Morgan fingerprint density at radius 2 is 2.04 bits per heavy atom. The van der Waals surface area contributed by atoms with E-state index >= 15 is 0 Å². The molecule has 0 aromatic heterocycles. The number of carbonyl (C=O) groups excluding carboxylic acids is 1. The Morgan fingerprint density at radius 3 is 2.87 bits per heavy atom. The van der Waals surface area contributed by atoms with Crippen molar-refractivity contribution >= 4 is 28.9 Å². The van der Waals surface area contributed by atoms with E-state index in [2.05, 4.69) is 10.6 Å². The summed E-state index contributed by atoms with van der Waals surface area (Å²) in [5.41, 5.74) is 1.29. The average molecular weight is 335 g/mol. The first kappa shape index (κ1) is 15.3. The molecule has 1 aliphatic heterocycles. The molecular formula is C16H15ClN2O4. The zero-order valence-corrected chi connectivity index (χ0v) is 13.1. The van der Waals surface area contributed by atoms with Gasteiger partial charge < -0.3 is 24.8 Å². The summed E-state index contributed by atoms with van der Waals surface area (Å²) in [6, 6.07) is 10.4. The number of halogens is 1. The highest BCUT2D eigenvalue weighted by atomic mass is 35.5. The number of amides is 1. The number of nitrogens with one attached hydrogen (secondary N) is 2. The predicted molar refractivity (Wildman–Crippen MR) is 87.7 cm³/mol. The number of hydrogen-bond acceptors (Lipinski definition) is 5. The van der Waals surface area contributed by atoms with Crippen LogP contribution in [0.3, 0.4) is 0 Å². The minimum atomic E-state index is -0.203. The summed E-state index contributed by atoms with van der Waals surface area (Å²) in [6.45, 7) is 0.272. The second-order valence-corrected chi connectivity index (χ2v) is 5.25. The van der Waals surface area contributed by atoms with Crippen molar-refractivity contribution in [3.05, 3.63) is 41.4 Å². The van der Waals surface area contributed by atoms with Gasteiger partial charge in [-0.1, -0.05) is 11.6 Å². The molecule has 0 fully saturated rings. The van der Waals surface area contributed by atoms with Crippen LogP contribution in [0.25, 0.3) is 0 Å². The smallest absolute Gasteiger partial charge is 0.243 e. The average Bonchev–Trinajstić information content (AvgIpc) is 3.00. The Balaban J connectivity index is 1.61. The van der Waals surface area contributed by atoms with Crippen molar-refractivity contribution in [2.24, 2.45) is 0 Å². The molecule has 0 spiro atoms. The van der Waals surface area contributed by atoms with Crippen LogP contribution in [0.1, 0.15) is 0 Å². The fourth-order valence-corrected chi connectivity index (χ4v) is 2.35. The van der Waals surface area contributed by atoms with Crippen LogP contribution in [0.2, 0.25) is 5.02 Å². The largest absolute Gasteiger partial charge is 0.495 e. The van der Waals surface area contributed by atoms with Gasteiger partial charge in [0, 0.05) is 16.8 Å². The third-order valence-electron chi connectivity index (χ3n) is 3.26. The Hall–Kier alpha value is -2.60. The molecule has 3 rings (SSSR count). The van der Waals surface area contributed by atoms with Gasteiger partial charge in [0.25, 0.3) is 0 Å².